The Morgan fingerprint density at radius 3 is 2.55 bits per heavy atom. The number of methoxy groups -OCH3 is 1. The van der Waals surface area contributed by atoms with Crippen LogP contribution in [0.15, 0.2) is 54.6 Å². The highest BCUT2D eigenvalue weighted by atomic mass is 32.1. The Kier molecular flexibility index (Phi) is 6.77. The van der Waals surface area contributed by atoms with Crippen molar-refractivity contribution in [3.8, 4) is 11.5 Å². The molecule has 3 nitrogen and oxygen atoms in total. The van der Waals surface area contributed by atoms with Crippen LogP contribution in [0.5, 0.6) is 11.5 Å². The molecule has 0 fully saturated rings. The monoisotopic (exact) mass is 414 g/mol. The molecule has 1 heterocycles. The van der Waals surface area contributed by atoms with Crippen molar-refractivity contribution in [3.05, 3.63) is 87.1 Å². The molecule has 3 aromatic rings. The number of ketones is 1. The van der Waals surface area contributed by atoms with Gasteiger partial charge in [-0.2, -0.15) is 0 Å². The van der Waals surface area contributed by atoms with Gasteiger partial charge in [0.15, 0.2) is 17.3 Å². The molecule has 0 radical (unpaired) electrons. The highest BCUT2D eigenvalue weighted by molar-refractivity contribution is 7.14. The first-order valence-corrected chi connectivity index (χ1v) is 9.87. The van der Waals surface area contributed by atoms with E-state index in [-0.39, 0.29) is 18.1 Å². The van der Waals surface area contributed by atoms with Crippen LogP contribution in [0.3, 0.4) is 0 Å². The number of aryl methyl sites for hydroxylation is 1. The zero-order chi connectivity index (χ0) is 20.8. The van der Waals surface area contributed by atoms with Gasteiger partial charge >= 0.3 is 0 Å². The van der Waals surface area contributed by atoms with Crippen LogP contribution in [0.2, 0.25) is 0 Å². The third-order valence-electron chi connectivity index (χ3n) is 4.26. The number of halogens is 2. The number of ether oxygens (including phenoxy) is 2. The topological polar surface area (TPSA) is 35.5 Å². The minimum absolute atomic E-state index is 0.0339. The van der Waals surface area contributed by atoms with Crippen LogP contribution in [0.25, 0.3) is 6.08 Å². The number of thiophene rings is 1. The Hall–Kier alpha value is -2.99. The Labute approximate surface area is 172 Å². The summed E-state index contributed by atoms with van der Waals surface area (Å²) in [5, 5.41) is 0. The van der Waals surface area contributed by atoms with Gasteiger partial charge in [-0.15, -0.1) is 11.3 Å². The normalized spacial score (nSPS) is 11.0. The van der Waals surface area contributed by atoms with Gasteiger partial charge in [-0.25, -0.2) is 8.78 Å². The maximum Gasteiger partial charge on any atom is 0.195 e. The van der Waals surface area contributed by atoms with E-state index in [0.717, 1.165) is 24.1 Å². The molecule has 29 heavy (non-hydrogen) atoms. The largest absolute Gasteiger partial charge is 0.496 e. The van der Waals surface area contributed by atoms with Crippen LogP contribution >= 0.6 is 11.3 Å². The van der Waals surface area contributed by atoms with E-state index in [1.165, 1.54) is 35.5 Å². The van der Waals surface area contributed by atoms with Gasteiger partial charge in [-0.3, -0.25) is 4.79 Å². The molecule has 0 amide bonds. The fourth-order valence-electron chi connectivity index (χ4n) is 2.72. The number of rotatable bonds is 8. The molecule has 0 atom stereocenters. The number of carbonyl (C=O) groups is 1. The molecule has 0 saturated carbocycles. The van der Waals surface area contributed by atoms with E-state index in [2.05, 4.69) is 6.92 Å². The van der Waals surface area contributed by atoms with Crippen molar-refractivity contribution in [1.29, 1.82) is 0 Å². The molecule has 0 spiro atoms. The average molecular weight is 414 g/mol. The Morgan fingerprint density at radius 1 is 1.07 bits per heavy atom. The van der Waals surface area contributed by atoms with Gasteiger partial charge in [-0.05, 0) is 54.5 Å². The Balaban J connectivity index is 1.74. The molecular weight excluding hydrogens is 394 g/mol. The van der Waals surface area contributed by atoms with Crippen molar-refractivity contribution in [1.82, 2.24) is 0 Å². The zero-order valence-electron chi connectivity index (χ0n) is 16.1. The molecule has 0 N–H and O–H groups in total. The Morgan fingerprint density at radius 2 is 1.86 bits per heavy atom. The van der Waals surface area contributed by atoms with Gasteiger partial charge in [-0.1, -0.05) is 19.1 Å². The summed E-state index contributed by atoms with van der Waals surface area (Å²) >= 11 is 1.49. The van der Waals surface area contributed by atoms with Gasteiger partial charge in [0, 0.05) is 16.5 Å². The first-order chi connectivity index (χ1) is 14.0. The number of hydrogen-bond donors (Lipinski definition) is 0. The number of carbonyl (C=O) groups excluding carboxylic acids is 1. The molecule has 150 valence electrons. The number of benzene rings is 2. The summed E-state index contributed by atoms with van der Waals surface area (Å²) in [6.45, 7) is 2.08. The van der Waals surface area contributed by atoms with Crippen LogP contribution in [0, 0.1) is 11.6 Å². The second-order valence-corrected chi connectivity index (χ2v) is 7.42. The maximum atomic E-state index is 13.8. The quantitative estimate of drug-likeness (QED) is 0.331. The molecule has 0 bridgehead atoms. The third-order valence-corrected chi connectivity index (χ3v) is 5.51. The van der Waals surface area contributed by atoms with Crippen molar-refractivity contribution in [3.63, 3.8) is 0 Å². The molecule has 2 aromatic carbocycles. The van der Waals surface area contributed by atoms with Gasteiger partial charge in [0.2, 0.25) is 0 Å². The van der Waals surface area contributed by atoms with Crippen molar-refractivity contribution >= 4 is 23.2 Å². The lowest BCUT2D eigenvalue weighted by atomic mass is 10.1. The van der Waals surface area contributed by atoms with Crippen LogP contribution in [0.4, 0.5) is 8.78 Å². The summed E-state index contributed by atoms with van der Waals surface area (Å²) in [4.78, 5) is 14.2. The Bertz CT molecular complexity index is 1040. The van der Waals surface area contributed by atoms with E-state index in [0.29, 0.717) is 16.2 Å². The van der Waals surface area contributed by atoms with Gasteiger partial charge < -0.3 is 9.47 Å². The van der Waals surface area contributed by atoms with Gasteiger partial charge in [0.25, 0.3) is 0 Å². The van der Waals surface area contributed by atoms with Crippen LogP contribution < -0.4 is 9.47 Å². The van der Waals surface area contributed by atoms with Crippen molar-refractivity contribution in [2.75, 3.05) is 7.11 Å². The summed E-state index contributed by atoms with van der Waals surface area (Å²) < 4.78 is 37.6. The fourth-order valence-corrected chi connectivity index (χ4v) is 3.58. The molecule has 0 unspecified atom stereocenters. The van der Waals surface area contributed by atoms with Gasteiger partial charge in [0.05, 0.1) is 12.0 Å². The molecule has 0 aliphatic rings. The summed E-state index contributed by atoms with van der Waals surface area (Å²) in [6, 6.07) is 12.3. The summed E-state index contributed by atoms with van der Waals surface area (Å²) in [7, 11) is 1.53. The standard InChI is InChI=1S/C23H20F2O3S/c1-3-18-7-11-23(29-18)20(26)8-4-15-5-9-21(27-2)16(12-15)14-28-22-10-6-17(24)13-19(22)25/h4-13H,3,14H2,1-2H3/b8-4+. The minimum Gasteiger partial charge on any atom is -0.496 e. The molecule has 6 heteroatoms. The highest BCUT2D eigenvalue weighted by Crippen LogP contribution is 2.25. The molecule has 3 rings (SSSR count). The number of allylic oxidation sites excluding steroid dienone is 1. The summed E-state index contributed by atoms with van der Waals surface area (Å²) in [5.41, 5.74) is 1.46. The van der Waals surface area contributed by atoms with E-state index in [9.17, 15) is 13.6 Å². The second-order valence-electron chi connectivity index (χ2n) is 6.25. The van der Waals surface area contributed by atoms with Crippen molar-refractivity contribution in [2.45, 2.75) is 20.0 Å². The van der Waals surface area contributed by atoms with E-state index in [1.807, 2.05) is 18.2 Å². The van der Waals surface area contributed by atoms with E-state index < -0.39 is 11.6 Å². The van der Waals surface area contributed by atoms with Gasteiger partial charge in [0.1, 0.15) is 18.2 Å². The molecule has 0 aliphatic heterocycles. The third kappa shape index (κ3) is 5.29. The SMILES string of the molecule is CCc1ccc(C(=O)/C=C/c2ccc(OC)c(COc3ccc(F)cc3F)c2)s1. The lowest BCUT2D eigenvalue weighted by Crippen LogP contribution is -2.01. The average Bonchev–Trinajstić information content (AvgIpc) is 3.21. The zero-order valence-corrected chi connectivity index (χ0v) is 16.9. The highest BCUT2D eigenvalue weighted by Gasteiger charge is 2.09. The first-order valence-electron chi connectivity index (χ1n) is 9.06. The summed E-state index contributed by atoms with van der Waals surface area (Å²) in [5.74, 6) is -0.971. The lowest BCUT2D eigenvalue weighted by Gasteiger charge is -2.12. The second kappa shape index (κ2) is 9.47. The number of hydrogen-bond acceptors (Lipinski definition) is 4. The lowest BCUT2D eigenvalue weighted by molar-refractivity contribution is 0.105. The van der Waals surface area contributed by atoms with Crippen molar-refractivity contribution < 1.29 is 23.0 Å². The molecular formula is C23H20F2O3S. The smallest absolute Gasteiger partial charge is 0.195 e. The van der Waals surface area contributed by atoms with E-state index in [4.69, 9.17) is 9.47 Å². The predicted molar refractivity (Wildman–Crippen MR) is 111 cm³/mol. The van der Waals surface area contributed by atoms with Crippen molar-refractivity contribution in [2.24, 2.45) is 0 Å². The fraction of sp³-hybridized carbons (Fsp3) is 0.174. The maximum absolute atomic E-state index is 13.8. The van der Waals surface area contributed by atoms with E-state index in [1.54, 1.807) is 18.2 Å². The molecule has 1 aromatic heterocycles. The molecule has 0 aliphatic carbocycles. The molecule has 0 saturated heterocycles. The predicted octanol–water partition coefficient (Wildman–Crippen LogP) is 6.07. The van der Waals surface area contributed by atoms with Crippen LogP contribution in [-0.4, -0.2) is 12.9 Å². The first kappa shape index (κ1) is 20.7. The summed E-state index contributed by atoms with van der Waals surface area (Å²) in [6.07, 6.45) is 4.14. The van der Waals surface area contributed by atoms with Crippen LogP contribution in [0.1, 0.15) is 32.6 Å². The minimum atomic E-state index is -0.770. The van der Waals surface area contributed by atoms with Crippen LogP contribution in [-0.2, 0) is 13.0 Å². The van der Waals surface area contributed by atoms with E-state index >= 15 is 0 Å².